The molecule has 0 atom stereocenters. The van der Waals surface area contributed by atoms with E-state index in [1.54, 1.807) is 30.6 Å². The lowest BCUT2D eigenvalue weighted by Crippen LogP contribution is -2.35. The Hall–Kier alpha value is -2.53. The molecule has 0 saturated carbocycles. The number of nitrogens with zero attached hydrogens (tertiary/aromatic N) is 4. The maximum Gasteiger partial charge on any atom is 0.275 e. The van der Waals surface area contributed by atoms with E-state index in [2.05, 4.69) is 10.3 Å². The first-order chi connectivity index (χ1) is 10.0. The van der Waals surface area contributed by atoms with E-state index in [-0.39, 0.29) is 16.5 Å². The van der Waals surface area contributed by atoms with Crippen molar-refractivity contribution >= 4 is 33.4 Å². The Bertz CT molecular complexity index is 888. The zero-order chi connectivity index (χ0) is 15.6. The van der Waals surface area contributed by atoms with E-state index < -0.39 is 0 Å². The molecule has 1 aromatic heterocycles. The first kappa shape index (κ1) is 14.9. The highest BCUT2D eigenvalue weighted by Gasteiger charge is 2.12. The summed E-state index contributed by atoms with van der Waals surface area (Å²) >= 11 is 1.24. The molecule has 0 spiro atoms. The third-order valence-electron chi connectivity index (χ3n) is 3.10. The van der Waals surface area contributed by atoms with E-state index in [9.17, 15) is 9.59 Å². The Morgan fingerprint density at radius 3 is 2.57 bits per heavy atom. The van der Waals surface area contributed by atoms with Gasteiger partial charge in [-0.3, -0.25) is 24.3 Å². The largest absolute Gasteiger partial charge is 0.275 e. The monoisotopic (exact) mass is 303 g/mol. The summed E-state index contributed by atoms with van der Waals surface area (Å²) in [7, 11) is 3.05. The minimum Gasteiger partial charge on any atom is -0.271 e. The highest BCUT2D eigenvalue weighted by Crippen LogP contribution is 2.21. The van der Waals surface area contributed by atoms with Crippen LogP contribution in [-0.4, -0.2) is 20.8 Å². The molecule has 8 heteroatoms. The van der Waals surface area contributed by atoms with Crippen molar-refractivity contribution in [3.63, 3.8) is 0 Å². The molecule has 0 bridgehead atoms. The van der Waals surface area contributed by atoms with Crippen LogP contribution in [0.15, 0.2) is 32.8 Å². The fourth-order valence-corrected chi connectivity index (χ4v) is 2.26. The molecule has 0 aliphatic heterocycles. The lowest BCUT2D eigenvalue weighted by molar-refractivity contribution is 0.543. The van der Waals surface area contributed by atoms with Gasteiger partial charge < -0.3 is 0 Å². The molecule has 2 rings (SSSR count). The Balaban J connectivity index is 2.88. The molecule has 21 heavy (non-hydrogen) atoms. The number of aliphatic imine (C=N–C) groups is 1. The smallest absolute Gasteiger partial charge is 0.271 e. The Labute approximate surface area is 124 Å². The number of nitriles is 1. The minimum absolute atomic E-state index is 0.245. The summed E-state index contributed by atoms with van der Waals surface area (Å²) in [6, 6.07) is 4.89. The van der Waals surface area contributed by atoms with Crippen molar-refractivity contribution < 1.29 is 0 Å². The standard InChI is InChI=1S/C13H13N5O2S/c1-17-11(19)8-5-4-6-9(10(8)12(20)18(17)2)16-13(21-3)15-7-14/h4-6H,1-3H3,(H,15,16). The van der Waals surface area contributed by atoms with E-state index in [1.807, 2.05) is 0 Å². The number of benzene rings is 1. The van der Waals surface area contributed by atoms with Gasteiger partial charge >= 0.3 is 0 Å². The molecule has 108 valence electrons. The molecule has 0 radical (unpaired) electrons. The molecule has 1 aromatic carbocycles. The molecule has 2 aromatic rings. The lowest BCUT2D eigenvalue weighted by atomic mass is 10.1. The van der Waals surface area contributed by atoms with E-state index in [4.69, 9.17) is 5.26 Å². The van der Waals surface area contributed by atoms with Crippen LogP contribution in [0.2, 0.25) is 0 Å². The molecule has 7 nitrogen and oxygen atoms in total. The Morgan fingerprint density at radius 1 is 1.29 bits per heavy atom. The number of nitrogens with one attached hydrogen (secondary N) is 1. The van der Waals surface area contributed by atoms with Gasteiger partial charge in [0, 0.05) is 14.1 Å². The molecule has 0 unspecified atom stereocenters. The number of hydrogen-bond donors (Lipinski definition) is 1. The van der Waals surface area contributed by atoms with Gasteiger partial charge in [0.2, 0.25) is 0 Å². The van der Waals surface area contributed by atoms with Crippen LogP contribution in [0.5, 0.6) is 0 Å². The van der Waals surface area contributed by atoms with E-state index in [0.717, 1.165) is 0 Å². The maximum absolute atomic E-state index is 12.4. The summed E-state index contributed by atoms with van der Waals surface area (Å²) in [6.45, 7) is 0. The fourth-order valence-electron chi connectivity index (χ4n) is 1.93. The number of hydrogen-bond acceptors (Lipinski definition) is 5. The molecule has 1 heterocycles. The van der Waals surface area contributed by atoms with Crippen molar-refractivity contribution in [2.45, 2.75) is 0 Å². The van der Waals surface area contributed by atoms with Crippen molar-refractivity contribution in [1.82, 2.24) is 14.7 Å². The van der Waals surface area contributed by atoms with Crippen LogP contribution < -0.4 is 16.4 Å². The first-order valence-electron chi connectivity index (χ1n) is 5.98. The summed E-state index contributed by atoms with van der Waals surface area (Å²) in [5, 5.41) is 12.0. The lowest BCUT2D eigenvalue weighted by Gasteiger charge is -2.09. The van der Waals surface area contributed by atoms with Gasteiger partial charge in [-0.15, -0.1) is 0 Å². The van der Waals surface area contributed by atoms with Gasteiger partial charge in [0.1, 0.15) is 0 Å². The topological polar surface area (TPSA) is 92.2 Å². The van der Waals surface area contributed by atoms with E-state index in [0.29, 0.717) is 16.2 Å². The number of amidine groups is 1. The average Bonchev–Trinajstić information content (AvgIpc) is 2.50. The summed E-state index contributed by atoms with van der Waals surface area (Å²) < 4.78 is 2.49. The van der Waals surface area contributed by atoms with E-state index >= 15 is 0 Å². The summed E-state index contributed by atoms with van der Waals surface area (Å²) in [5.41, 5.74) is -0.232. The zero-order valence-electron chi connectivity index (χ0n) is 11.7. The van der Waals surface area contributed by atoms with Crippen LogP contribution in [0.25, 0.3) is 10.8 Å². The second-order valence-corrected chi connectivity index (χ2v) is 5.01. The summed E-state index contributed by atoms with van der Waals surface area (Å²) in [5.74, 6) is 0. The number of rotatable bonds is 1. The molecule has 0 saturated heterocycles. The molecule has 0 amide bonds. The zero-order valence-corrected chi connectivity index (χ0v) is 12.6. The van der Waals surface area contributed by atoms with Gasteiger partial charge in [0.15, 0.2) is 11.4 Å². The summed E-state index contributed by atoms with van der Waals surface area (Å²) in [4.78, 5) is 28.9. The van der Waals surface area contributed by atoms with Crippen molar-refractivity contribution in [1.29, 1.82) is 5.26 Å². The molecule has 0 aliphatic carbocycles. The SMILES string of the molecule is CSC(=Nc1cccc2c(=O)n(C)n(C)c(=O)c12)NC#N. The van der Waals surface area contributed by atoms with Crippen molar-refractivity contribution in [2.24, 2.45) is 19.1 Å². The van der Waals surface area contributed by atoms with Crippen molar-refractivity contribution in [3.8, 4) is 6.19 Å². The average molecular weight is 303 g/mol. The summed E-state index contributed by atoms with van der Waals surface area (Å²) in [6.07, 6.45) is 3.54. The fraction of sp³-hybridized carbons (Fsp3) is 0.231. The third kappa shape index (κ3) is 2.55. The van der Waals surface area contributed by atoms with Crippen molar-refractivity contribution in [3.05, 3.63) is 38.9 Å². The van der Waals surface area contributed by atoms with Crippen LogP contribution in [0.3, 0.4) is 0 Å². The molecular weight excluding hydrogens is 290 g/mol. The predicted molar refractivity (Wildman–Crippen MR) is 83.8 cm³/mol. The normalized spacial score (nSPS) is 11.4. The highest BCUT2D eigenvalue weighted by molar-refractivity contribution is 8.13. The van der Waals surface area contributed by atoms with E-state index in [1.165, 1.54) is 35.2 Å². The molecule has 0 fully saturated rings. The number of fused-ring (bicyclic) bond motifs is 1. The Morgan fingerprint density at radius 2 is 1.95 bits per heavy atom. The van der Waals surface area contributed by atoms with Crippen LogP contribution in [-0.2, 0) is 14.1 Å². The molecule has 1 N–H and O–H groups in total. The Kier molecular flexibility index (Phi) is 4.14. The van der Waals surface area contributed by atoms with Crippen LogP contribution in [0, 0.1) is 11.5 Å². The molecular formula is C13H13N5O2S. The predicted octanol–water partition coefficient (Wildman–Crippen LogP) is 0.658. The minimum atomic E-state index is -0.316. The molecule has 0 aliphatic rings. The van der Waals surface area contributed by atoms with Gasteiger partial charge in [0.05, 0.1) is 16.5 Å². The quantitative estimate of drug-likeness (QED) is 0.361. The second kappa shape index (κ2) is 5.85. The van der Waals surface area contributed by atoms with Gasteiger partial charge in [-0.2, -0.15) is 5.26 Å². The van der Waals surface area contributed by atoms with Gasteiger partial charge in [-0.1, -0.05) is 17.8 Å². The first-order valence-corrected chi connectivity index (χ1v) is 7.20. The van der Waals surface area contributed by atoms with Gasteiger partial charge in [-0.05, 0) is 18.4 Å². The van der Waals surface area contributed by atoms with Gasteiger partial charge in [-0.25, -0.2) is 4.99 Å². The van der Waals surface area contributed by atoms with Crippen LogP contribution in [0.4, 0.5) is 5.69 Å². The second-order valence-electron chi connectivity index (χ2n) is 4.22. The maximum atomic E-state index is 12.4. The highest BCUT2D eigenvalue weighted by atomic mass is 32.2. The third-order valence-corrected chi connectivity index (χ3v) is 3.68. The van der Waals surface area contributed by atoms with Gasteiger partial charge in [0.25, 0.3) is 11.1 Å². The van der Waals surface area contributed by atoms with Crippen LogP contribution >= 0.6 is 11.8 Å². The van der Waals surface area contributed by atoms with Crippen molar-refractivity contribution in [2.75, 3.05) is 6.26 Å². The van der Waals surface area contributed by atoms with Crippen LogP contribution in [0.1, 0.15) is 0 Å². The number of aromatic nitrogens is 2. The number of thioether (sulfide) groups is 1.